The molecule has 0 aliphatic carbocycles. The van der Waals surface area contributed by atoms with Crippen LogP contribution in [-0.4, -0.2) is 147 Å². The standard InChI is InChI=1S/C50H69N17O10/c1-28(68)61-34(14-7-20-57-49(51)52)42(70)63-36-17-18-41(69)56-19-9-16-37(48(76)77)64-46(74)39(23-30-25-59-33-13-6-5-12-32(30)33)66-43(71)35(15-8-21-58-50(53)54)62-45(73)38(22-29-10-3-2-4-11-29)65-47(75)40(67-44(36)72)24-31-26-55-27-60-31/h2-6,10-13,25-27,34-40,59H,7-9,14-24H2,1H3,(H,55,60)(H,56,69)(H,61,68)(H,62,73)(H,63,70)(H,64,74)(H,65,75)(H,66,71)(H,67,72)(H,76,77)(H4,51,52,57)(H4,53,54,58)/t34-,35-,36-,37-,38+,39-,40-/m0/s1. The summed E-state index contributed by atoms with van der Waals surface area (Å²) in [6.07, 6.45) is 3.45. The van der Waals surface area contributed by atoms with E-state index < -0.39 is 95.5 Å². The van der Waals surface area contributed by atoms with E-state index >= 15 is 0 Å². The predicted octanol–water partition coefficient (Wildman–Crippen LogP) is -2.79. The number of carbonyl (C=O) groups is 9. The molecule has 27 nitrogen and oxygen atoms in total. The van der Waals surface area contributed by atoms with E-state index in [9.17, 15) is 48.3 Å². The van der Waals surface area contributed by atoms with Gasteiger partial charge in [0.15, 0.2) is 11.9 Å². The number of nitrogens with zero attached hydrogens (tertiary/aromatic N) is 3. The van der Waals surface area contributed by atoms with Gasteiger partial charge in [0.2, 0.25) is 47.3 Å². The summed E-state index contributed by atoms with van der Waals surface area (Å²) in [5.74, 6) is -8.11. The Morgan fingerprint density at radius 1 is 0.727 bits per heavy atom. The van der Waals surface area contributed by atoms with Gasteiger partial charge in [0.05, 0.1) is 6.33 Å². The number of benzene rings is 2. The summed E-state index contributed by atoms with van der Waals surface area (Å²) in [5, 5.41) is 32.3. The number of hydrogen-bond acceptors (Lipinski definition) is 12. The van der Waals surface area contributed by atoms with Gasteiger partial charge < -0.3 is 80.5 Å². The number of hydrogen-bond donors (Lipinski definition) is 15. The molecular formula is C50H69N17O10. The van der Waals surface area contributed by atoms with Crippen molar-refractivity contribution in [2.24, 2.45) is 32.9 Å². The van der Waals surface area contributed by atoms with E-state index in [0.717, 1.165) is 10.9 Å². The average Bonchev–Trinajstić information content (AvgIpc) is 4.06. The van der Waals surface area contributed by atoms with Gasteiger partial charge in [-0.2, -0.15) is 0 Å². The molecule has 0 spiro atoms. The summed E-state index contributed by atoms with van der Waals surface area (Å²) in [6, 6.07) is 5.95. The minimum Gasteiger partial charge on any atom is -0.480 e. The number of aromatic nitrogens is 3. The number of carboxylic acids is 1. The van der Waals surface area contributed by atoms with Crippen LogP contribution in [-0.2, 0) is 62.4 Å². The Morgan fingerprint density at radius 2 is 1.34 bits per heavy atom. The highest BCUT2D eigenvalue weighted by atomic mass is 16.4. The fourth-order valence-electron chi connectivity index (χ4n) is 8.46. The summed E-state index contributed by atoms with van der Waals surface area (Å²) < 4.78 is 0. The largest absolute Gasteiger partial charge is 0.480 e. The van der Waals surface area contributed by atoms with E-state index in [0.29, 0.717) is 16.8 Å². The van der Waals surface area contributed by atoms with Gasteiger partial charge in [-0.05, 0) is 62.1 Å². The topological polar surface area (TPSA) is 443 Å². The van der Waals surface area contributed by atoms with Gasteiger partial charge in [-0.3, -0.25) is 48.3 Å². The van der Waals surface area contributed by atoms with Crippen molar-refractivity contribution >= 4 is 76.0 Å². The lowest BCUT2D eigenvalue weighted by Crippen LogP contribution is -2.60. The molecule has 2 aromatic heterocycles. The van der Waals surface area contributed by atoms with E-state index in [1.807, 2.05) is 18.2 Å². The molecule has 27 heteroatoms. The Labute approximate surface area is 443 Å². The van der Waals surface area contributed by atoms with Crippen LogP contribution < -0.4 is 65.5 Å². The van der Waals surface area contributed by atoms with Crippen LogP contribution in [0.1, 0.15) is 75.1 Å². The van der Waals surface area contributed by atoms with Crippen LogP contribution in [0.15, 0.2) is 83.3 Å². The zero-order valence-electron chi connectivity index (χ0n) is 42.6. The highest BCUT2D eigenvalue weighted by Crippen LogP contribution is 2.20. The lowest BCUT2D eigenvalue weighted by Gasteiger charge is -2.28. The van der Waals surface area contributed by atoms with Crippen LogP contribution in [0.4, 0.5) is 0 Å². The van der Waals surface area contributed by atoms with Crippen molar-refractivity contribution in [1.29, 1.82) is 0 Å². The SMILES string of the molecule is CC(=O)N[C@@H](CCCN=C(N)N)C(=O)N[C@H]1CCC(=O)NCCC[C@@H](C(=O)O)NC(=O)[C@H](Cc2c[nH]c3ccccc23)NC(=O)[C@H](CCCN=C(N)N)NC(=O)[C@@H](Cc2ccccc2)NC(=O)[C@H](Cc2cnc[nH]2)NC1=O. The van der Waals surface area contributed by atoms with Gasteiger partial charge in [-0.1, -0.05) is 48.5 Å². The molecule has 414 valence electrons. The van der Waals surface area contributed by atoms with Crippen LogP contribution in [0.5, 0.6) is 0 Å². The Balaban J connectivity index is 1.54. The van der Waals surface area contributed by atoms with Crippen LogP contribution in [0.25, 0.3) is 10.9 Å². The number of para-hydroxylation sites is 1. The molecule has 1 fully saturated rings. The van der Waals surface area contributed by atoms with Gasteiger partial charge in [-0.25, -0.2) is 9.78 Å². The molecule has 3 heterocycles. The number of aliphatic imine (C=N–C) groups is 2. The first-order chi connectivity index (χ1) is 36.9. The number of nitrogens with two attached hydrogens (primary N) is 4. The number of guanidine groups is 2. The maximum absolute atomic E-state index is 14.7. The normalized spacial score (nSPS) is 20.8. The second-order valence-corrected chi connectivity index (χ2v) is 18.4. The molecule has 0 radical (unpaired) electrons. The molecule has 0 unspecified atom stereocenters. The lowest BCUT2D eigenvalue weighted by atomic mass is 10.0. The van der Waals surface area contributed by atoms with Gasteiger partial charge >= 0.3 is 5.97 Å². The predicted molar refractivity (Wildman–Crippen MR) is 283 cm³/mol. The molecule has 0 saturated carbocycles. The first kappa shape index (κ1) is 58.8. The van der Waals surface area contributed by atoms with Crippen molar-refractivity contribution in [2.75, 3.05) is 19.6 Å². The van der Waals surface area contributed by atoms with Crippen LogP contribution in [0, 0.1) is 0 Å². The summed E-state index contributed by atoms with van der Waals surface area (Å²) >= 11 is 0. The van der Waals surface area contributed by atoms with Gasteiger partial charge in [0.1, 0.15) is 42.3 Å². The van der Waals surface area contributed by atoms with Gasteiger partial charge in [0, 0.05) is 81.2 Å². The second-order valence-electron chi connectivity index (χ2n) is 18.4. The highest BCUT2D eigenvalue weighted by molar-refractivity contribution is 5.98. The minimum absolute atomic E-state index is 0.0358. The molecule has 5 rings (SSSR count). The first-order valence-corrected chi connectivity index (χ1v) is 25.1. The van der Waals surface area contributed by atoms with Crippen molar-refractivity contribution in [3.63, 3.8) is 0 Å². The monoisotopic (exact) mass is 1070 g/mol. The van der Waals surface area contributed by atoms with Crippen LogP contribution in [0.2, 0.25) is 0 Å². The van der Waals surface area contributed by atoms with Crippen molar-refractivity contribution in [1.82, 2.24) is 57.5 Å². The number of carbonyl (C=O) groups excluding carboxylic acids is 8. The summed E-state index contributed by atoms with van der Waals surface area (Å²) in [7, 11) is 0. The Hall–Kier alpha value is -9.04. The van der Waals surface area contributed by atoms with E-state index in [1.165, 1.54) is 19.4 Å². The Kier molecular flexibility index (Phi) is 22.7. The summed E-state index contributed by atoms with van der Waals surface area (Å²) in [6.45, 7) is 1.27. The number of H-pyrrole nitrogens is 2. The van der Waals surface area contributed by atoms with Crippen molar-refractivity contribution in [2.45, 2.75) is 120 Å². The maximum Gasteiger partial charge on any atom is 0.326 e. The Morgan fingerprint density at radius 3 is 2.00 bits per heavy atom. The highest BCUT2D eigenvalue weighted by Gasteiger charge is 2.35. The molecule has 8 amide bonds. The number of aliphatic carboxylic acids is 1. The van der Waals surface area contributed by atoms with Crippen LogP contribution >= 0.6 is 0 Å². The molecule has 0 bridgehead atoms. The second kappa shape index (κ2) is 29.7. The molecule has 1 aliphatic heterocycles. The quantitative estimate of drug-likeness (QED) is 0.0272. The van der Waals surface area contributed by atoms with Crippen molar-refractivity contribution < 1.29 is 48.3 Å². The molecule has 1 aliphatic rings. The fourth-order valence-corrected chi connectivity index (χ4v) is 8.46. The van der Waals surface area contributed by atoms with Crippen LogP contribution in [0.3, 0.4) is 0 Å². The third-order valence-corrected chi connectivity index (χ3v) is 12.4. The number of amides is 8. The van der Waals surface area contributed by atoms with E-state index in [1.54, 1.807) is 42.6 Å². The summed E-state index contributed by atoms with van der Waals surface area (Å²) in [4.78, 5) is 143. The minimum atomic E-state index is -1.51. The molecule has 4 aromatic rings. The molecule has 7 atom stereocenters. The lowest BCUT2D eigenvalue weighted by molar-refractivity contribution is -0.142. The maximum atomic E-state index is 14.7. The van der Waals surface area contributed by atoms with Gasteiger partial charge in [0.25, 0.3) is 0 Å². The number of aromatic amines is 2. The number of imidazole rings is 1. The average molecular weight is 1070 g/mol. The third-order valence-electron chi connectivity index (χ3n) is 12.4. The summed E-state index contributed by atoms with van der Waals surface area (Å²) in [5.41, 5.74) is 24.4. The smallest absolute Gasteiger partial charge is 0.326 e. The first-order valence-electron chi connectivity index (χ1n) is 25.1. The number of carboxylic acid groups (broad SMARTS) is 1. The number of fused-ring (bicyclic) bond motifs is 1. The molecule has 1 saturated heterocycles. The number of nitrogens with one attached hydrogen (secondary N) is 10. The zero-order valence-corrected chi connectivity index (χ0v) is 42.6. The fraction of sp³-hybridized carbons (Fsp3) is 0.440. The molecule has 19 N–H and O–H groups in total. The van der Waals surface area contributed by atoms with E-state index in [-0.39, 0.29) is 102 Å². The molecule has 2 aromatic carbocycles. The molecular weight excluding hydrogens is 999 g/mol. The zero-order chi connectivity index (χ0) is 55.9. The molecule has 77 heavy (non-hydrogen) atoms. The third kappa shape index (κ3) is 19.6. The van der Waals surface area contributed by atoms with Crippen molar-refractivity contribution in [3.05, 3.63) is 90.1 Å². The van der Waals surface area contributed by atoms with Crippen molar-refractivity contribution in [3.8, 4) is 0 Å². The number of rotatable bonds is 18. The van der Waals surface area contributed by atoms with E-state index in [4.69, 9.17) is 22.9 Å². The van der Waals surface area contributed by atoms with E-state index in [2.05, 4.69) is 67.5 Å². The Bertz CT molecular complexity index is 2720. The van der Waals surface area contributed by atoms with Gasteiger partial charge in [-0.15, -0.1) is 0 Å².